The van der Waals surface area contributed by atoms with Crippen molar-refractivity contribution in [3.8, 4) is 0 Å². The normalized spacial score (nSPS) is 9.25. The quantitative estimate of drug-likeness (QED) is 0.385. The highest BCUT2D eigenvalue weighted by Gasteiger charge is 1.94. The third kappa shape index (κ3) is 23.0. The van der Waals surface area contributed by atoms with Crippen LogP contribution in [0.5, 0.6) is 0 Å². The molecule has 1 N–H and O–H groups in total. The molecule has 0 atom stereocenters. The Morgan fingerprint density at radius 2 is 1.92 bits per heavy atom. The van der Waals surface area contributed by atoms with Crippen molar-refractivity contribution in [2.75, 3.05) is 7.11 Å². The van der Waals surface area contributed by atoms with E-state index in [-0.39, 0.29) is 5.97 Å². The molecule has 0 rings (SSSR count). The van der Waals surface area contributed by atoms with E-state index in [1.54, 1.807) is 0 Å². The van der Waals surface area contributed by atoms with Gasteiger partial charge in [0.25, 0.3) is 0 Å². The van der Waals surface area contributed by atoms with Gasteiger partial charge in [-0.1, -0.05) is 6.58 Å². The summed E-state index contributed by atoms with van der Waals surface area (Å²) in [6, 6.07) is 0. The monoisotopic (exact) mass is 198 g/mol. The number of carbonyl (C=O) groups excluding carboxylic acids is 1. The fourth-order valence-corrected chi connectivity index (χ4v) is 0.117. The zero-order chi connectivity index (χ0) is 10.2. The predicted molar refractivity (Wildman–Crippen MR) is 40.5 cm³/mol. The first-order chi connectivity index (χ1) is 5.33. The highest BCUT2D eigenvalue weighted by Crippen LogP contribution is 1.75. The largest absolute Gasteiger partial charge is 0.435 e. The van der Waals surface area contributed by atoms with Crippen LogP contribution >= 0.6 is 0 Å². The van der Waals surface area contributed by atoms with Gasteiger partial charge in [-0.25, -0.2) is 0 Å². The zero-order valence-electron chi connectivity index (χ0n) is 6.68. The van der Waals surface area contributed by atoms with E-state index in [9.17, 15) is 13.2 Å². The van der Waals surface area contributed by atoms with Gasteiger partial charge in [-0.2, -0.15) is 8.42 Å². The third-order valence-corrected chi connectivity index (χ3v) is 0.881. The standard InChI is InChI=1S/C4H6O2.CH4O4S/c1-3-6-4(2)5;1-5-6(2,3)4/h3H,1H2,2H3;1H3,(H,2,3,4). The molecule has 0 amide bonds. The number of hydrogen-bond donors (Lipinski definition) is 1. The number of hydrogen-bond acceptors (Lipinski definition) is 5. The Bertz CT molecular complexity index is 228. The lowest BCUT2D eigenvalue weighted by molar-refractivity contribution is -0.135. The Balaban J connectivity index is 0. The summed E-state index contributed by atoms with van der Waals surface area (Å²) in [4.78, 5) is 9.75. The molecule has 72 valence electrons. The third-order valence-electron chi connectivity index (χ3n) is 0.460. The van der Waals surface area contributed by atoms with E-state index in [1.165, 1.54) is 6.92 Å². The van der Waals surface area contributed by atoms with Gasteiger partial charge in [0.05, 0.1) is 13.4 Å². The SMILES string of the molecule is C=COC(C)=O.COS(=O)(=O)O. The van der Waals surface area contributed by atoms with Crippen LogP contribution in [-0.4, -0.2) is 26.0 Å². The fraction of sp³-hybridized carbons (Fsp3) is 0.400. The van der Waals surface area contributed by atoms with E-state index in [2.05, 4.69) is 15.5 Å². The van der Waals surface area contributed by atoms with Crippen LogP contribution in [0.4, 0.5) is 0 Å². The predicted octanol–water partition coefficient (Wildman–Crippen LogP) is 0.129. The van der Waals surface area contributed by atoms with Crippen LogP contribution in [0.1, 0.15) is 6.92 Å². The summed E-state index contributed by atoms with van der Waals surface area (Å²) in [6.07, 6.45) is 1.10. The molecule has 6 nitrogen and oxygen atoms in total. The molecule has 0 saturated carbocycles. The van der Waals surface area contributed by atoms with Gasteiger partial charge in [0, 0.05) is 6.92 Å². The van der Waals surface area contributed by atoms with Gasteiger partial charge in [-0.3, -0.25) is 13.5 Å². The maximum Gasteiger partial charge on any atom is 0.397 e. The summed E-state index contributed by atoms with van der Waals surface area (Å²) in [5.74, 6) is -0.329. The second-order valence-electron chi connectivity index (χ2n) is 1.37. The molecular weight excluding hydrogens is 188 g/mol. The topological polar surface area (TPSA) is 89.9 Å². The molecule has 0 bridgehead atoms. The van der Waals surface area contributed by atoms with Crippen molar-refractivity contribution in [2.24, 2.45) is 0 Å². The molecule has 0 radical (unpaired) electrons. The lowest BCUT2D eigenvalue weighted by Gasteiger charge is -1.83. The average molecular weight is 198 g/mol. The van der Waals surface area contributed by atoms with Gasteiger partial charge in [0.2, 0.25) is 0 Å². The van der Waals surface area contributed by atoms with E-state index in [0.717, 1.165) is 13.4 Å². The number of rotatable bonds is 2. The summed E-state index contributed by atoms with van der Waals surface area (Å²) in [7, 11) is -3.29. The van der Waals surface area contributed by atoms with Gasteiger partial charge in [0.15, 0.2) is 0 Å². The van der Waals surface area contributed by atoms with E-state index in [4.69, 9.17) is 4.55 Å². The molecular formula is C5H10O6S. The first-order valence-corrected chi connectivity index (χ1v) is 4.01. The van der Waals surface area contributed by atoms with Crippen LogP contribution in [0.25, 0.3) is 0 Å². The molecule has 0 aliphatic rings. The molecule has 0 aliphatic carbocycles. The Hall–Kier alpha value is -0.920. The summed E-state index contributed by atoms with van der Waals surface area (Å²) in [6.45, 7) is 4.48. The highest BCUT2D eigenvalue weighted by molar-refractivity contribution is 7.80. The van der Waals surface area contributed by atoms with Crippen LogP contribution in [-0.2, 0) is 24.1 Å². The van der Waals surface area contributed by atoms with Crippen molar-refractivity contribution < 1.29 is 26.7 Å². The lowest BCUT2D eigenvalue weighted by atomic mass is 10.8. The van der Waals surface area contributed by atoms with Gasteiger partial charge < -0.3 is 4.74 Å². The molecule has 0 aromatic carbocycles. The molecule has 0 aromatic heterocycles. The van der Waals surface area contributed by atoms with Gasteiger partial charge in [-0.05, 0) is 0 Å². The second kappa shape index (κ2) is 6.77. The average Bonchev–Trinajstić information content (AvgIpc) is 1.87. The molecule has 7 heteroatoms. The van der Waals surface area contributed by atoms with Crippen LogP contribution in [0.2, 0.25) is 0 Å². The molecule has 0 fully saturated rings. The highest BCUT2D eigenvalue weighted by atomic mass is 32.3. The van der Waals surface area contributed by atoms with Gasteiger partial charge in [-0.15, -0.1) is 0 Å². The zero-order valence-corrected chi connectivity index (χ0v) is 7.50. The lowest BCUT2D eigenvalue weighted by Crippen LogP contribution is -1.96. The molecule has 12 heavy (non-hydrogen) atoms. The minimum atomic E-state index is -4.16. The molecule has 0 saturated heterocycles. The second-order valence-corrected chi connectivity index (χ2v) is 2.56. The van der Waals surface area contributed by atoms with Crippen molar-refractivity contribution in [1.82, 2.24) is 0 Å². The minimum Gasteiger partial charge on any atom is -0.435 e. The fourth-order valence-electron chi connectivity index (χ4n) is 0.117. The smallest absolute Gasteiger partial charge is 0.397 e. The van der Waals surface area contributed by atoms with Gasteiger partial charge in [0.1, 0.15) is 0 Å². The molecule has 0 unspecified atom stereocenters. The summed E-state index contributed by atoms with van der Waals surface area (Å²) >= 11 is 0. The molecule has 0 spiro atoms. The first kappa shape index (κ1) is 13.7. The van der Waals surface area contributed by atoms with E-state index < -0.39 is 10.4 Å². The van der Waals surface area contributed by atoms with Gasteiger partial charge >= 0.3 is 16.4 Å². The molecule has 0 aliphatic heterocycles. The van der Waals surface area contributed by atoms with E-state index in [0.29, 0.717) is 0 Å². The molecule has 0 heterocycles. The van der Waals surface area contributed by atoms with Crippen molar-refractivity contribution in [2.45, 2.75) is 6.92 Å². The van der Waals surface area contributed by atoms with Crippen LogP contribution < -0.4 is 0 Å². The van der Waals surface area contributed by atoms with Crippen LogP contribution in [0.3, 0.4) is 0 Å². The van der Waals surface area contributed by atoms with Crippen molar-refractivity contribution in [3.05, 3.63) is 12.8 Å². The number of carbonyl (C=O) groups is 1. The van der Waals surface area contributed by atoms with Crippen molar-refractivity contribution >= 4 is 16.4 Å². The summed E-state index contributed by atoms with van der Waals surface area (Å²) < 4.78 is 33.9. The van der Waals surface area contributed by atoms with Crippen molar-refractivity contribution in [1.29, 1.82) is 0 Å². The maximum atomic E-state index is 9.75. The Morgan fingerprint density at radius 1 is 1.58 bits per heavy atom. The summed E-state index contributed by atoms with van der Waals surface area (Å²) in [5.41, 5.74) is 0. The van der Waals surface area contributed by atoms with Crippen LogP contribution in [0, 0.1) is 0 Å². The Kier molecular flexibility index (Phi) is 7.70. The molecule has 0 aromatic rings. The maximum absolute atomic E-state index is 9.75. The first-order valence-electron chi connectivity index (χ1n) is 2.64. The number of esters is 1. The van der Waals surface area contributed by atoms with Crippen molar-refractivity contribution in [3.63, 3.8) is 0 Å². The Labute approximate surface area is 70.7 Å². The van der Waals surface area contributed by atoms with Crippen LogP contribution in [0.15, 0.2) is 12.8 Å². The minimum absolute atomic E-state index is 0.329. The number of ether oxygens (including phenoxy) is 1. The van der Waals surface area contributed by atoms with E-state index in [1.807, 2.05) is 0 Å². The Morgan fingerprint density at radius 3 is 1.92 bits per heavy atom. The summed E-state index contributed by atoms with van der Waals surface area (Å²) in [5, 5.41) is 0. The van der Waals surface area contributed by atoms with E-state index >= 15 is 0 Å².